The Morgan fingerprint density at radius 2 is 1.12 bits per heavy atom. The molecule has 1 aromatic carbocycles. The van der Waals surface area contributed by atoms with Crippen LogP contribution in [0.3, 0.4) is 0 Å². The van der Waals surface area contributed by atoms with Gasteiger partial charge in [-0.2, -0.15) is 0 Å². The Morgan fingerprint density at radius 3 is 1.32 bits per heavy atom. The van der Waals surface area contributed by atoms with E-state index in [-0.39, 0.29) is 0 Å². The van der Waals surface area contributed by atoms with Crippen LogP contribution in [0.25, 0.3) is 0 Å². The van der Waals surface area contributed by atoms with Crippen molar-refractivity contribution in [2.45, 2.75) is 64.5 Å². The van der Waals surface area contributed by atoms with Crippen molar-refractivity contribution in [1.82, 2.24) is 0 Å². The highest BCUT2D eigenvalue weighted by Gasteiger charge is 1.87. The molecule has 0 amide bonds. The summed E-state index contributed by atoms with van der Waals surface area (Å²) in [6.07, 6.45) is 0. The Hall–Kier alpha value is -0.860. The lowest BCUT2D eigenvalue weighted by Gasteiger charge is -2.01. The van der Waals surface area contributed by atoms with Gasteiger partial charge >= 0.3 is 0 Å². The predicted octanol–water partition coefficient (Wildman–Crippen LogP) is 6.02. The number of thiophene rings is 1. The van der Waals surface area contributed by atoms with E-state index in [0.717, 1.165) is 0 Å². The lowest BCUT2D eigenvalue weighted by Crippen LogP contribution is -1.85. The van der Waals surface area contributed by atoms with Gasteiger partial charge in [-0.3, -0.25) is 8.42 Å². The second-order valence-electron chi connectivity index (χ2n) is 2.71. The van der Waals surface area contributed by atoms with Crippen LogP contribution in [0.1, 0.15) is 55.4 Å². The van der Waals surface area contributed by atoms with Crippen LogP contribution in [0.2, 0.25) is 0 Å². The summed E-state index contributed by atoms with van der Waals surface area (Å²) in [6.45, 7) is 16.0. The van der Waals surface area contributed by atoms with E-state index in [1.165, 1.54) is 11.3 Å². The summed E-state index contributed by atoms with van der Waals surface area (Å²) in [5.41, 5.74) is 0. The third kappa shape index (κ3) is 21.1. The van der Waals surface area contributed by atoms with Gasteiger partial charge in [0.05, 0.1) is 4.21 Å². The average molecular weight is 409 g/mol. The normalized spacial score (nSPS) is 10.0. The molecule has 0 aliphatic heterocycles. The zero-order valence-corrected chi connectivity index (χ0v) is 18.9. The Labute approximate surface area is 163 Å². The first kappa shape index (κ1) is 31.9. The van der Waals surface area contributed by atoms with E-state index in [9.17, 15) is 17.5 Å². The van der Waals surface area contributed by atoms with Crippen LogP contribution in [-0.4, -0.2) is 17.5 Å². The van der Waals surface area contributed by atoms with Gasteiger partial charge in [0.1, 0.15) is 0 Å². The summed E-state index contributed by atoms with van der Waals surface area (Å²) in [7, 11) is 0. The monoisotopic (exact) mass is 408 g/mol. The van der Waals surface area contributed by atoms with Gasteiger partial charge in [0, 0.05) is 4.90 Å². The predicted molar refractivity (Wildman–Crippen MR) is 111 cm³/mol. The molecule has 1 aromatic heterocycles. The van der Waals surface area contributed by atoms with E-state index < -0.39 is 22.2 Å². The number of benzene rings is 1. The molecule has 2 unspecified atom stereocenters. The summed E-state index contributed by atoms with van der Waals surface area (Å²) in [5.74, 6) is 0. The fourth-order valence-electron chi connectivity index (χ4n) is 0.890. The standard InChI is InChI=1S/C6H6O2S.C4H4O2S2.4C2H6/c7-9(8)6-4-2-1-3-5-6;5-8(6)4-2-1-3-7-4;4*1-2/h1-5H,(H,7,8);1-3H,(H,5,6);4*1-2H3/p-2. The van der Waals surface area contributed by atoms with Crippen LogP contribution >= 0.6 is 11.3 Å². The van der Waals surface area contributed by atoms with Crippen molar-refractivity contribution in [1.29, 1.82) is 0 Å². The van der Waals surface area contributed by atoms with Crippen LogP contribution in [0.4, 0.5) is 0 Å². The highest BCUT2D eigenvalue weighted by molar-refractivity contribution is 7.81. The van der Waals surface area contributed by atoms with Crippen molar-refractivity contribution in [3.63, 3.8) is 0 Å². The van der Waals surface area contributed by atoms with Crippen molar-refractivity contribution in [3.05, 3.63) is 47.8 Å². The first-order chi connectivity index (χ1) is 12.1. The van der Waals surface area contributed by atoms with E-state index in [1.807, 2.05) is 55.4 Å². The van der Waals surface area contributed by atoms with Gasteiger partial charge in [-0.1, -0.05) is 79.7 Å². The number of rotatable bonds is 2. The molecule has 0 N–H and O–H groups in total. The largest absolute Gasteiger partial charge is 0.768 e. The van der Waals surface area contributed by atoms with Crippen molar-refractivity contribution in [2.24, 2.45) is 0 Å². The molecule has 25 heavy (non-hydrogen) atoms. The fraction of sp³-hybridized carbons (Fsp3) is 0.444. The van der Waals surface area contributed by atoms with Gasteiger partial charge in [0.2, 0.25) is 0 Å². The molecule has 2 aromatic rings. The topological polar surface area (TPSA) is 80.3 Å². The molecule has 1 heterocycles. The quantitative estimate of drug-likeness (QED) is 0.569. The minimum Gasteiger partial charge on any atom is -0.768 e. The molecule has 2 atom stereocenters. The van der Waals surface area contributed by atoms with Gasteiger partial charge in [-0.15, -0.1) is 11.3 Å². The molecule has 2 rings (SSSR count). The molecule has 0 saturated heterocycles. The Kier molecular flexibility index (Phi) is 35.6. The van der Waals surface area contributed by atoms with E-state index in [4.69, 9.17) is 0 Å². The van der Waals surface area contributed by atoms with E-state index in [0.29, 0.717) is 9.10 Å². The molecular formula is C18H32O4S3-2. The van der Waals surface area contributed by atoms with Gasteiger partial charge in [-0.05, 0) is 45.7 Å². The molecular weight excluding hydrogens is 376 g/mol. The minimum absolute atomic E-state index is 0.331. The maximum atomic E-state index is 10.2. The van der Waals surface area contributed by atoms with Crippen LogP contribution in [-0.2, 0) is 22.2 Å². The fourth-order valence-corrected chi connectivity index (χ4v) is 2.39. The number of hydrogen-bond donors (Lipinski definition) is 0. The first-order valence-electron chi connectivity index (χ1n) is 8.38. The van der Waals surface area contributed by atoms with Gasteiger partial charge in [-0.25, -0.2) is 0 Å². The van der Waals surface area contributed by atoms with Crippen LogP contribution in [0.15, 0.2) is 56.9 Å². The summed E-state index contributed by atoms with van der Waals surface area (Å²) in [6, 6.07) is 11.5. The highest BCUT2D eigenvalue weighted by atomic mass is 32.2. The summed E-state index contributed by atoms with van der Waals surface area (Å²) >= 11 is -2.89. The second-order valence-corrected chi connectivity index (χ2v) is 5.77. The second kappa shape index (κ2) is 28.0. The molecule has 4 nitrogen and oxygen atoms in total. The SMILES string of the molecule is CC.CC.CC.CC.O=S([O-])c1ccccc1.O=S([O-])c1cccs1. The Balaban J connectivity index is -0.000000127. The van der Waals surface area contributed by atoms with Gasteiger partial charge in [0.25, 0.3) is 0 Å². The van der Waals surface area contributed by atoms with E-state index in [1.54, 1.807) is 47.8 Å². The van der Waals surface area contributed by atoms with Crippen molar-refractivity contribution >= 4 is 33.5 Å². The third-order valence-corrected chi connectivity index (χ3v) is 4.08. The van der Waals surface area contributed by atoms with Crippen molar-refractivity contribution in [3.8, 4) is 0 Å². The lowest BCUT2D eigenvalue weighted by molar-refractivity contribution is 0.536. The van der Waals surface area contributed by atoms with Crippen LogP contribution < -0.4 is 0 Å². The summed E-state index contributed by atoms with van der Waals surface area (Å²) in [5, 5.41) is 1.73. The highest BCUT2D eigenvalue weighted by Crippen LogP contribution is 2.10. The average Bonchev–Trinajstić information content (AvgIpc) is 3.25. The molecule has 0 radical (unpaired) electrons. The Morgan fingerprint density at radius 1 is 0.680 bits per heavy atom. The zero-order valence-electron chi connectivity index (χ0n) is 16.5. The van der Waals surface area contributed by atoms with Crippen molar-refractivity contribution < 1.29 is 17.5 Å². The molecule has 7 heteroatoms. The number of hydrogen-bond acceptors (Lipinski definition) is 5. The maximum absolute atomic E-state index is 10.2. The molecule has 0 saturated carbocycles. The van der Waals surface area contributed by atoms with Crippen LogP contribution in [0, 0.1) is 0 Å². The molecule has 0 fully saturated rings. The van der Waals surface area contributed by atoms with Gasteiger partial charge < -0.3 is 9.11 Å². The molecule has 148 valence electrons. The third-order valence-electron chi connectivity index (χ3n) is 1.59. The molecule has 0 bridgehead atoms. The van der Waals surface area contributed by atoms with Crippen molar-refractivity contribution in [2.75, 3.05) is 0 Å². The maximum Gasteiger partial charge on any atom is 0.0771 e. The Bertz CT molecular complexity index is 486. The lowest BCUT2D eigenvalue weighted by atomic mass is 10.4. The molecule has 0 aliphatic carbocycles. The van der Waals surface area contributed by atoms with Gasteiger partial charge in [0.15, 0.2) is 0 Å². The zero-order chi connectivity index (χ0) is 20.7. The summed E-state index contributed by atoms with van der Waals surface area (Å²) < 4.78 is 40.9. The summed E-state index contributed by atoms with van der Waals surface area (Å²) in [4.78, 5) is 0.331. The van der Waals surface area contributed by atoms with Crippen LogP contribution in [0.5, 0.6) is 0 Å². The molecule has 0 spiro atoms. The smallest absolute Gasteiger partial charge is 0.0771 e. The minimum atomic E-state index is -2.08. The first-order valence-corrected chi connectivity index (χ1v) is 11.4. The van der Waals surface area contributed by atoms with E-state index >= 15 is 0 Å². The van der Waals surface area contributed by atoms with E-state index in [2.05, 4.69) is 0 Å². The molecule has 0 aliphatic rings.